The summed E-state index contributed by atoms with van der Waals surface area (Å²) in [5.41, 5.74) is 0.486. The molecule has 1 amide bonds. The van der Waals surface area contributed by atoms with Gasteiger partial charge in [-0.25, -0.2) is 13.4 Å². The average molecular weight is 400 g/mol. The lowest BCUT2D eigenvalue weighted by Crippen LogP contribution is -2.42. The van der Waals surface area contributed by atoms with E-state index in [1.54, 1.807) is 17.0 Å². The number of pyridine rings is 1. The molecule has 144 valence electrons. The molecule has 1 unspecified atom stereocenters. The average Bonchev–Trinajstić information content (AvgIpc) is 3.07. The molecule has 2 fully saturated rings. The van der Waals surface area contributed by atoms with E-state index in [-0.39, 0.29) is 12.5 Å². The monoisotopic (exact) mass is 399 g/mol. The normalized spacial score (nSPS) is 22.2. The van der Waals surface area contributed by atoms with Gasteiger partial charge in [0.05, 0.1) is 5.25 Å². The van der Waals surface area contributed by atoms with Crippen molar-refractivity contribution in [3.8, 4) is 0 Å². The topological polar surface area (TPSA) is 70.6 Å². The molecular weight excluding hydrogens is 374 g/mol. The first kappa shape index (κ1) is 19.4. The standard InChI is InChI=1S/C18H26ClN3O3S/c1-26(24,25)15-7-3-2-4-10-22(13-15)18(23)14-11-16(19)20-17(12-14)21-8-5-6-9-21/h11-12,15H,2-10,13H2,1H3. The van der Waals surface area contributed by atoms with E-state index in [9.17, 15) is 13.2 Å². The third kappa shape index (κ3) is 4.68. The summed E-state index contributed by atoms with van der Waals surface area (Å²) in [6.07, 6.45) is 6.81. The fourth-order valence-electron chi connectivity index (χ4n) is 3.71. The number of anilines is 1. The summed E-state index contributed by atoms with van der Waals surface area (Å²) in [6.45, 7) is 2.65. The van der Waals surface area contributed by atoms with Crippen LogP contribution in [0.1, 0.15) is 48.9 Å². The summed E-state index contributed by atoms with van der Waals surface area (Å²) in [5.74, 6) is 0.565. The molecule has 2 saturated heterocycles. The molecule has 8 heteroatoms. The second-order valence-corrected chi connectivity index (χ2v) is 10.00. The molecule has 1 aromatic rings. The van der Waals surface area contributed by atoms with Crippen LogP contribution in [0.15, 0.2) is 12.1 Å². The first-order valence-corrected chi connectivity index (χ1v) is 11.6. The van der Waals surface area contributed by atoms with Crippen molar-refractivity contribution in [1.29, 1.82) is 0 Å². The summed E-state index contributed by atoms with van der Waals surface area (Å²) >= 11 is 6.17. The Kier molecular flexibility index (Phi) is 6.07. The van der Waals surface area contributed by atoms with Crippen LogP contribution < -0.4 is 4.90 Å². The van der Waals surface area contributed by atoms with Crippen LogP contribution in [-0.4, -0.2) is 61.9 Å². The molecule has 0 N–H and O–H groups in total. The van der Waals surface area contributed by atoms with Crippen LogP contribution >= 0.6 is 11.6 Å². The molecule has 3 heterocycles. The molecule has 0 saturated carbocycles. The number of hydrogen-bond donors (Lipinski definition) is 0. The van der Waals surface area contributed by atoms with Crippen molar-refractivity contribution < 1.29 is 13.2 Å². The number of halogens is 1. The third-order valence-corrected chi connectivity index (χ3v) is 7.02. The van der Waals surface area contributed by atoms with Crippen LogP contribution in [0, 0.1) is 0 Å². The van der Waals surface area contributed by atoms with Gasteiger partial charge < -0.3 is 9.80 Å². The Labute approximate surface area is 160 Å². The first-order chi connectivity index (χ1) is 12.3. The number of amides is 1. The smallest absolute Gasteiger partial charge is 0.254 e. The quantitative estimate of drug-likeness (QED) is 0.731. The van der Waals surface area contributed by atoms with Crippen LogP contribution in [0.4, 0.5) is 5.82 Å². The fraction of sp³-hybridized carbons (Fsp3) is 0.667. The van der Waals surface area contributed by atoms with Gasteiger partial charge in [0.15, 0.2) is 9.84 Å². The number of aromatic nitrogens is 1. The van der Waals surface area contributed by atoms with Gasteiger partial charge in [-0.1, -0.05) is 24.4 Å². The molecule has 0 spiro atoms. The number of carbonyl (C=O) groups is 1. The molecule has 0 aromatic carbocycles. The molecule has 2 aliphatic heterocycles. The second-order valence-electron chi connectivity index (χ2n) is 7.28. The lowest BCUT2D eigenvalue weighted by Gasteiger charge is -2.29. The summed E-state index contributed by atoms with van der Waals surface area (Å²) in [7, 11) is -3.18. The lowest BCUT2D eigenvalue weighted by atomic mass is 10.1. The van der Waals surface area contributed by atoms with Gasteiger partial charge in [-0.2, -0.15) is 0 Å². The lowest BCUT2D eigenvalue weighted by molar-refractivity contribution is 0.0744. The summed E-state index contributed by atoms with van der Waals surface area (Å²) in [4.78, 5) is 21.2. The molecular formula is C18H26ClN3O3S. The van der Waals surface area contributed by atoms with Crippen molar-refractivity contribution >= 4 is 33.2 Å². The van der Waals surface area contributed by atoms with Gasteiger partial charge >= 0.3 is 0 Å². The maximum atomic E-state index is 13.1. The van der Waals surface area contributed by atoms with Gasteiger partial charge in [-0.15, -0.1) is 0 Å². The third-order valence-electron chi connectivity index (χ3n) is 5.23. The molecule has 3 rings (SSSR count). The second kappa shape index (κ2) is 8.13. The highest BCUT2D eigenvalue weighted by atomic mass is 35.5. The van der Waals surface area contributed by atoms with E-state index in [1.807, 2.05) is 0 Å². The summed E-state index contributed by atoms with van der Waals surface area (Å²) in [5, 5.41) is -0.202. The zero-order valence-electron chi connectivity index (χ0n) is 15.2. The van der Waals surface area contributed by atoms with E-state index in [4.69, 9.17) is 11.6 Å². The Hall–Kier alpha value is -1.34. The highest BCUT2D eigenvalue weighted by Gasteiger charge is 2.28. The van der Waals surface area contributed by atoms with E-state index >= 15 is 0 Å². The van der Waals surface area contributed by atoms with Crippen molar-refractivity contribution in [1.82, 2.24) is 9.88 Å². The maximum absolute atomic E-state index is 13.1. The zero-order valence-corrected chi connectivity index (χ0v) is 16.7. The van der Waals surface area contributed by atoms with Crippen molar-refractivity contribution in [2.45, 2.75) is 43.8 Å². The summed E-state index contributed by atoms with van der Waals surface area (Å²) in [6, 6.07) is 3.37. The molecule has 0 bridgehead atoms. The molecule has 1 aromatic heterocycles. The van der Waals surface area contributed by atoms with E-state index in [0.717, 1.165) is 51.0 Å². The molecule has 0 radical (unpaired) electrons. The Bertz CT molecular complexity index is 763. The Morgan fingerprint density at radius 2 is 1.81 bits per heavy atom. The van der Waals surface area contributed by atoms with Gasteiger partial charge in [0, 0.05) is 38.0 Å². The van der Waals surface area contributed by atoms with E-state index in [1.165, 1.54) is 6.26 Å². The van der Waals surface area contributed by atoms with Gasteiger partial charge in [0.25, 0.3) is 5.91 Å². The van der Waals surface area contributed by atoms with Crippen molar-refractivity contribution in [2.24, 2.45) is 0 Å². The van der Waals surface area contributed by atoms with E-state index < -0.39 is 15.1 Å². The Morgan fingerprint density at radius 1 is 1.12 bits per heavy atom. The minimum Gasteiger partial charge on any atom is -0.357 e. The number of rotatable bonds is 3. The largest absolute Gasteiger partial charge is 0.357 e. The fourth-order valence-corrected chi connectivity index (χ4v) is 4.96. The molecule has 1 atom stereocenters. The van der Waals surface area contributed by atoms with Crippen LogP contribution in [-0.2, 0) is 9.84 Å². The predicted molar refractivity (Wildman–Crippen MR) is 104 cm³/mol. The van der Waals surface area contributed by atoms with Gasteiger partial charge in [-0.3, -0.25) is 4.79 Å². The maximum Gasteiger partial charge on any atom is 0.254 e. The highest BCUT2D eigenvalue weighted by molar-refractivity contribution is 7.91. The van der Waals surface area contributed by atoms with Gasteiger partial charge in [-0.05, 0) is 37.8 Å². The van der Waals surface area contributed by atoms with Crippen molar-refractivity contribution in [3.63, 3.8) is 0 Å². The van der Waals surface area contributed by atoms with Gasteiger partial charge in [0.1, 0.15) is 11.0 Å². The number of nitrogens with zero attached hydrogens (tertiary/aromatic N) is 3. The number of hydrogen-bond acceptors (Lipinski definition) is 5. The molecule has 2 aliphatic rings. The van der Waals surface area contributed by atoms with Crippen molar-refractivity contribution in [2.75, 3.05) is 37.3 Å². The van der Waals surface area contributed by atoms with E-state index in [2.05, 4.69) is 9.88 Å². The molecule has 6 nitrogen and oxygen atoms in total. The number of likely N-dealkylation sites (tertiary alicyclic amines) is 1. The predicted octanol–water partition coefficient (Wildman–Crippen LogP) is 2.76. The molecule has 26 heavy (non-hydrogen) atoms. The van der Waals surface area contributed by atoms with E-state index in [0.29, 0.717) is 23.7 Å². The minimum absolute atomic E-state index is 0.162. The van der Waals surface area contributed by atoms with Crippen LogP contribution in [0.5, 0.6) is 0 Å². The summed E-state index contributed by atoms with van der Waals surface area (Å²) < 4.78 is 24.1. The molecule has 0 aliphatic carbocycles. The zero-order chi connectivity index (χ0) is 18.7. The Balaban J connectivity index is 1.84. The van der Waals surface area contributed by atoms with Crippen molar-refractivity contribution in [3.05, 3.63) is 22.8 Å². The minimum atomic E-state index is -3.18. The highest BCUT2D eigenvalue weighted by Crippen LogP contribution is 2.24. The first-order valence-electron chi connectivity index (χ1n) is 9.25. The van der Waals surface area contributed by atoms with Crippen LogP contribution in [0.2, 0.25) is 5.15 Å². The van der Waals surface area contributed by atoms with Crippen LogP contribution in [0.25, 0.3) is 0 Å². The van der Waals surface area contributed by atoms with Gasteiger partial charge in [0.2, 0.25) is 0 Å². The number of carbonyl (C=O) groups excluding carboxylic acids is 1. The SMILES string of the molecule is CS(=O)(=O)C1CCCCCN(C(=O)c2cc(Cl)nc(N3CCCC3)c2)C1. The number of sulfone groups is 1. The van der Waals surface area contributed by atoms with Crippen LogP contribution in [0.3, 0.4) is 0 Å². The Morgan fingerprint density at radius 3 is 2.50 bits per heavy atom.